The van der Waals surface area contributed by atoms with E-state index < -0.39 is 0 Å². The number of rotatable bonds is 1. The molecule has 0 saturated heterocycles. The van der Waals surface area contributed by atoms with Gasteiger partial charge in [-0.1, -0.05) is 0 Å². The highest BCUT2D eigenvalue weighted by atomic mass is 16.5. The van der Waals surface area contributed by atoms with Crippen molar-refractivity contribution in [3.05, 3.63) is 23.3 Å². The van der Waals surface area contributed by atoms with Gasteiger partial charge in [0.1, 0.15) is 12.0 Å². The second kappa shape index (κ2) is 3.14. The molecule has 0 radical (unpaired) electrons. The van der Waals surface area contributed by atoms with E-state index in [-0.39, 0.29) is 12.5 Å². The summed E-state index contributed by atoms with van der Waals surface area (Å²) in [7, 11) is 0. The molecule has 72 valence electrons. The topological polar surface area (TPSA) is 55.4 Å². The summed E-state index contributed by atoms with van der Waals surface area (Å²) in [5.41, 5.74) is 1.96. The van der Waals surface area contributed by atoms with Crippen LogP contribution in [0, 0.1) is 6.92 Å². The fourth-order valence-electron chi connectivity index (χ4n) is 1.48. The molecule has 0 spiro atoms. The van der Waals surface area contributed by atoms with Crippen molar-refractivity contribution in [2.75, 3.05) is 11.9 Å². The largest absolute Gasteiger partial charge is 0.481 e. The van der Waals surface area contributed by atoms with Crippen LogP contribution in [0.5, 0.6) is 5.75 Å². The third-order valence-electron chi connectivity index (χ3n) is 2.05. The minimum atomic E-state index is -0.194. The van der Waals surface area contributed by atoms with Crippen molar-refractivity contribution >= 4 is 17.9 Å². The standard InChI is InChI=1S/C10H9NO3/c1-6-2-7(4-12)3-8-10(6)14-5-9(13)11-8/h2-4H,5H2,1H3,(H,11,13). The van der Waals surface area contributed by atoms with Gasteiger partial charge in [0.15, 0.2) is 6.61 Å². The second-order valence-corrected chi connectivity index (χ2v) is 3.17. The van der Waals surface area contributed by atoms with Gasteiger partial charge in [0, 0.05) is 5.56 Å². The van der Waals surface area contributed by atoms with Gasteiger partial charge < -0.3 is 10.1 Å². The molecule has 0 fully saturated rings. The van der Waals surface area contributed by atoms with E-state index in [1.807, 2.05) is 6.92 Å². The molecule has 1 aromatic rings. The Labute approximate surface area is 80.9 Å². The third-order valence-corrected chi connectivity index (χ3v) is 2.05. The molecule has 2 rings (SSSR count). The van der Waals surface area contributed by atoms with Crippen LogP contribution in [0.1, 0.15) is 15.9 Å². The average molecular weight is 191 g/mol. The van der Waals surface area contributed by atoms with Crippen LogP contribution in [-0.2, 0) is 4.79 Å². The number of nitrogens with one attached hydrogen (secondary N) is 1. The monoisotopic (exact) mass is 191 g/mol. The van der Waals surface area contributed by atoms with Crippen LogP contribution in [0.25, 0.3) is 0 Å². The lowest BCUT2D eigenvalue weighted by Crippen LogP contribution is -2.25. The quantitative estimate of drug-likeness (QED) is 0.677. The molecule has 1 aliphatic rings. The molecule has 4 heteroatoms. The SMILES string of the molecule is Cc1cc(C=O)cc2c1OCC(=O)N2. The van der Waals surface area contributed by atoms with Gasteiger partial charge in [0.25, 0.3) is 5.91 Å². The van der Waals surface area contributed by atoms with E-state index in [0.29, 0.717) is 17.0 Å². The molecule has 0 aromatic heterocycles. The third kappa shape index (κ3) is 1.35. The van der Waals surface area contributed by atoms with Crippen molar-refractivity contribution in [2.45, 2.75) is 6.92 Å². The van der Waals surface area contributed by atoms with Gasteiger partial charge in [-0.3, -0.25) is 9.59 Å². The number of ether oxygens (including phenoxy) is 1. The lowest BCUT2D eigenvalue weighted by atomic mass is 10.1. The van der Waals surface area contributed by atoms with Gasteiger partial charge in [-0.25, -0.2) is 0 Å². The number of benzene rings is 1. The number of anilines is 1. The summed E-state index contributed by atoms with van der Waals surface area (Å²) in [5, 5.41) is 2.65. The predicted molar refractivity (Wildman–Crippen MR) is 50.7 cm³/mol. The van der Waals surface area contributed by atoms with E-state index >= 15 is 0 Å². The van der Waals surface area contributed by atoms with Crippen LogP contribution >= 0.6 is 0 Å². The molecule has 0 saturated carbocycles. The highest BCUT2D eigenvalue weighted by molar-refractivity contribution is 5.97. The van der Waals surface area contributed by atoms with Crippen LogP contribution in [0.3, 0.4) is 0 Å². The summed E-state index contributed by atoms with van der Waals surface area (Å²) in [6, 6.07) is 3.33. The normalized spacial score (nSPS) is 13.9. The molecule has 1 aliphatic heterocycles. The number of aldehydes is 1. The molecule has 0 atom stereocenters. The average Bonchev–Trinajstić information content (AvgIpc) is 2.16. The zero-order valence-electron chi connectivity index (χ0n) is 7.66. The van der Waals surface area contributed by atoms with Crippen LogP contribution in [0.4, 0.5) is 5.69 Å². The van der Waals surface area contributed by atoms with E-state index in [4.69, 9.17) is 4.74 Å². The molecular weight excluding hydrogens is 182 g/mol. The van der Waals surface area contributed by atoms with Crippen molar-refractivity contribution in [3.8, 4) is 5.75 Å². The van der Waals surface area contributed by atoms with Crippen LogP contribution < -0.4 is 10.1 Å². The van der Waals surface area contributed by atoms with Crippen molar-refractivity contribution in [1.82, 2.24) is 0 Å². The number of hydrogen-bond acceptors (Lipinski definition) is 3. The lowest BCUT2D eigenvalue weighted by molar-refractivity contribution is -0.118. The number of aryl methyl sites for hydroxylation is 1. The number of carbonyl (C=O) groups is 2. The fourth-order valence-corrected chi connectivity index (χ4v) is 1.48. The Balaban J connectivity index is 2.53. The first kappa shape index (κ1) is 8.74. The second-order valence-electron chi connectivity index (χ2n) is 3.17. The fraction of sp³-hybridized carbons (Fsp3) is 0.200. The molecule has 1 amide bonds. The van der Waals surface area contributed by atoms with Crippen LogP contribution in [0.15, 0.2) is 12.1 Å². The molecule has 1 aromatic carbocycles. The van der Waals surface area contributed by atoms with E-state index in [9.17, 15) is 9.59 Å². The van der Waals surface area contributed by atoms with Gasteiger partial charge in [-0.15, -0.1) is 0 Å². The minimum absolute atomic E-state index is 0.0360. The Morgan fingerprint density at radius 2 is 2.29 bits per heavy atom. The molecular formula is C10H9NO3. The first-order valence-corrected chi connectivity index (χ1v) is 4.23. The molecule has 1 heterocycles. The van der Waals surface area contributed by atoms with Crippen LogP contribution in [0.2, 0.25) is 0 Å². The van der Waals surface area contributed by atoms with Crippen molar-refractivity contribution < 1.29 is 14.3 Å². The Kier molecular flexibility index (Phi) is 1.96. The molecule has 14 heavy (non-hydrogen) atoms. The molecule has 1 N–H and O–H groups in total. The predicted octanol–water partition coefficient (Wildman–Crippen LogP) is 1.14. The summed E-state index contributed by atoms with van der Waals surface area (Å²) in [6.45, 7) is 1.87. The summed E-state index contributed by atoms with van der Waals surface area (Å²) in [4.78, 5) is 21.6. The Bertz CT molecular complexity index is 412. The Morgan fingerprint density at radius 3 is 3.00 bits per heavy atom. The Morgan fingerprint density at radius 1 is 1.50 bits per heavy atom. The summed E-state index contributed by atoms with van der Waals surface area (Å²) < 4.78 is 5.24. The number of fused-ring (bicyclic) bond motifs is 1. The Hall–Kier alpha value is -1.84. The summed E-state index contributed by atoms with van der Waals surface area (Å²) in [5.74, 6) is 0.454. The van der Waals surface area contributed by atoms with Gasteiger partial charge in [-0.05, 0) is 24.6 Å². The van der Waals surface area contributed by atoms with E-state index in [1.54, 1.807) is 12.1 Å². The van der Waals surface area contributed by atoms with Gasteiger partial charge in [0.05, 0.1) is 5.69 Å². The maximum atomic E-state index is 11.0. The molecule has 0 bridgehead atoms. The van der Waals surface area contributed by atoms with E-state index in [1.165, 1.54) is 0 Å². The number of amides is 1. The summed E-state index contributed by atoms with van der Waals surface area (Å²) >= 11 is 0. The highest BCUT2D eigenvalue weighted by Gasteiger charge is 2.18. The first-order valence-electron chi connectivity index (χ1n) is 4.23. The molecule has 0 unspecified atom stereocenters. The van der Waals surface area contributed by atoms with E-state index in [2.05, 4.69) is 5.32 Å². The van der Waals surface area contributed by atoms with Gasteiger partial charge in [-0.2, -0.15) is 0 Å². The van der Waals surface area contributed by atoms with E-state index in [0.717, 1.165) is 11.8 Å². The summed E-state index contributed by atoms with van der Waals surface area (Å²) in [6.07, 6.45) is 0.744. The highest BCUT2D eigenvalue weighted by Crippen LogP contribution is 2.32. The maximum Gasteiger partial charge on any atom is 0.262 e. The molecule has 0 aliphatic carbocycles. The van der Waals surface area contributed by atoms with Gasteiger partial charge >= 0.3 is 0 Å². The first-order chi connectivity index (χ1) is 6.70. The number of carbonyl (C=O) groups excluding carboxylic acids is 2. The van der Waals surface area contributed by atoms with Crippen molar-refractivity contribution in [1.29, 1.82) is 0 Å². The van der Waals surface area contributed by atoms with Crippen LogP contribution in [-0.4, -0.2) is 18.8 Å². The zero-order valence-corrected chi connectivity index (χ0v) is 7.66. The number of hydrogen-bond donors (Lipinski definition) is 1. The lowest BCUT2D eigenvalue weighted by Gasteiger charge is -2.19. The molecule has 4 nitrogen and oxygen atoms in total. The minimum Gasteiger partial charge on any atom is -0.481 e. The zero-order chi connectivity index (χ0) is 10.1. The van der Waals surface area contributed by atoms with Crippen molar-refractivity contribution in [3.63, 3.8) is 0 Å². The van der Waals surface area contributed by atoms with Crippen molar-refractivity contribution in [2.24, 2.45) is 0 Å². The van der Waals surface area contributed by atoms with Gasteiger partial charge in [0.2, 0.25) is 0 Å². The maximum absolute atomic E-state index is 11.0. The smallest absolute Gasteiger partial charge is 0.262 e.